The van der Waals surface area contributed by atoms with Crippen molar-refractivity contribution in [3.05, 3.63) is 54.1 Å². The van der Waals surface area contributed by atoms with Crippen LogP contribution in [0.5, 0.6) is 0 Å². The van der Waals surface area contributed by atoms with E-state index < -0.39 is 0 Å². The van der Waals surface area contributed by atoms with Crippen LogP contribution >= 0.6 is 0 Å². The second kappa shape index (κ2) is 6.73. The lowest BCUT2D eigenvalue weighted by molar-refractivity contribution is 0.0949. The zero-order valence-corrected chi connectivity index (χ0v) is 13.7. The van der Waals surface area contributed by atoms with Crippen LogP contribution in [0.4, 0.5) is 4.39 Å². The Morgan fingerprint density at radius 3 is 2.96 bits per heavy atom. The molecule has 3 heterocycles. The van der Waals surface area contributed by atoms with Crippen molar-refractivity contribution in [3.8, 4) is 11.3 Å². The van der Waals surface area contributed by atoms with E-state index in [0.29, 0.717) is 23.8 Å². The third kappa shape index (κ3) is 3.18. The molecule has 3 aromatic rings. The monoisotopic (exact) mass is 343 g/mol. The fourth-order valence-electron chi connectivity index (χ4n) is 3.25. The van der Waals surface area contributed by atoms with E-state index in [1.165, 1.54) is 6.07 Å². The van der Waals surface area contributed by atoms with E-state index in [9.17, 15) is 4.39 Å². The molecular weight excluding hydrogens is 325 g/mol. The summed E-state index contributed by atoms with van der Waals surface area (Å²) in [5.74, 6) is 0.805. The number of benzene rings is 1. The predicted molar refractivity (Wildman–Crippen MR) is 87.1 cm³/mol. The molecule has 25 heavy (non-hydrogen) atoms. The van der Waals surface area contributed by atoms with E-state index in [4.69, 9.17) is 9.15 Å². The summed E-state index contributed by atoms with van der Waals surface area (Å²) in [5.41, 5.74) is 1.30. The number of H-pyrrole nitrogens is 1. The molecule has 130 valence electrons. The number of aromatic amines is 1. The van der Waals surface area contributed by atoms with Crippen LogP contribution in [-0.4, -0.2) is 51.6 Å². The summed E-state index contributed by atoms with van der Waals surface area (Å²) >= 11 is 0. The number of nitrogens with zero attached hydrogens (tertiary/aromatic N) is 4. The standard InChI is InChI=1S/C17H18FN5O2/c1-24-16-9-23(8-12(16)14-6-20-22-21-14)10-17-19-7-15(25-17)11-4-2-3-5-13(11)18/h2-7,12,16H,8-10H2,1H3,(H,20,21,22)/t12-,16+/m0/s1. The molecular formula is C17H18FN5O2. The van der Waals surface area contributed by atoms with Gasteiger partial charge in [0.1, 0.15) is 5.82 Å². The number of likely N-dealkylation sites (tertiary alicyclic amines) is 1. The third-order valence-corrected chi connectivity index (χ3v) is 4.51. The van der Waals surface area contributed by atoms with Gasteiger partial charge < -0.3 is 9.15 Å². The Bertz CT molecular complexity index is 835. The van der Waals surface area contributed by atoms with Gasteiger partial charge in [0, 0.05) is 26.1 Å². The molecule has 1 aliphatic heterocycles. The van der Waals surface area contributed by atoms with Gasteiger partial charge in [0.05, 0.1) is 36.3 Å². The smallest absolute Gasteiger partial charge is 0.209 e. The number of aromatic nitrogens is 4. The SMILES string of the molecule is CO[C@@H]1CN(Cc2ncc(-c3ccccc3F)o2)C[C@H]1c1cn[nH]n1. The van der Waals surface area contributed by atoms with Crippen LogP contribution in [0.15, 0.2) is 41.1 Å². The third-order valence-electron chi connectivity index (χ3n) is 4.51. The van der Waals surface area contributed by atoms with Crippen molar-refractivity contribution >= 4 is 0 Å². The fraction of sp³-hybridized carbons (Fsp3) is 0.353. The molecule has 2 atom stereocenters. The zero-order valence-electron chi connectivity index (χ0n) is 13.7. The van der Waals surface area contributed by atoms with Gasteiger partial charge in [-0.05, 0) is 12.1 Å². The molecule has 1 saturated heterocycles. The number of halogens is 1. The maximum Gasteiger partial charge on any atom is 0.209 e. The molecule has 1 N–H and O–H groups in total. The number of nitrogens with one attached hydrogen (secondary N) is 1. The van der Waals surface area contributed by atoms with Crippen molar-refractivity contribution in [1.82, 2.24) is 25.3 Å². The number of methoxy groups -OCH3 is 1. The number of oxazole rings is 1. The zero-order chi connectivity index (χ0) is 17.2. The number of hydrogen-bond acceptors (Lipinski definition) is 6. The summed E-state index contributed by atoms with van der Waals surface area (Å²) in [6.07, 6.45) is 3.32. The van der Waals surface area contributed by atoms with Gasteiger partial charge in [-0.2, -0.15) is 15.4 Å². The van der Waals surface area contributed by atoms with Crippen LogP contribution < -0.4 is 0 Å². The Morgan fingerprint density at radius 1 is 1.32 bits per heavy atom. The van der Waals surface area contributed by atoms with E-state index in [-0.39, 0.29) is 17.8 Å². The van der Waals surface area contributed by atoms with E-state index in [2.05, 4.69) is 25.3 Å². The van der Waals surface area contributed by atoms with Gasteiger partial charge >= 0.3 is 0 Å². The Balaban J connectivity index is 1.47. The minimum Gasteiger partial charge on any atom is -0.439 e. The molecule has 7 nitrogen and oxygen atoms in total. The maximum absolute atomic E-state index is 13.9. The molecule has 0 radical (unpaired) electrons. The fourth-order valence-corrected chi connectivity index (χ4v) is 3.25. The number of rotatable bonds is 5. The lowest BCUT2D eigenvalue weighted by Gasteiger charge is -2.13. The highest BCUT2D eigenvalue weighted by atomic mass is 19.1. The first-order chi connectivity index (χ1) is 12.2. The van der Waals surface area contributed by atoms with Gasteiger partial charge in [0.25, 0.3) is 0 Å². The predicted octanol–water partition coefficient (Wildman–Crippen LogP) is 2.21. The van der Waals surface area contributed by atoms with Crippen LogP contribution in [0.25, 0.3) is 11.3 Å². The quantitative estimate of drug-likeness (QED) is 0.765. The molecule has 0 bridgehead atoms. The first kappa shape index (κ1) is 15.9. The molecule has 1 aliphatic rings. The Labute approximate surface area is 143 Å². The molecule has 0 aliphatic carbocycles. The van der Waals surface area contributed by atoms with Crippen molar-refractivity contribution < 1.29 is 13.5 Å². The first-order valence-corrected chi connectivity index (χ1v) is 8.05. The van der Waals surface area contributed by atoms with Crippen LogP contribution in [-0.2, 0) is 11.3 Å². The summed E-state index contributed by atoms with van der Waals surface area (Å²) in [6, 6.07) is 6.50. The molecule has 2 aromatic heterocycles. The average molecular weight is 343 g/mol. The molecule has 0 amide bonds. The number of ether oxygens (including phenoxy) is 1. The van der Waals surface area contributed by atoms with Crippen LogP contribution in [0.1, 0.15) is 17.5 Å². The highest BCUT2D eigenvalue weighted by Gasteiger charge is 2.36. The maximum atomic E-state index is 13.9. The second-order valence-corrected chi connectivity index (χ2v) is 6.07. The molecule has 1 fully saturated rings. The van der Waals surface area contributed by atoms with Crippen molar-refractivity contribution in [3.63, 3.8) is 0 Å². The van der Waals surface area contributed by atoms with Gasteiger partial charge in [-0.25, -0.2) is 9.37 Å². The highest BCUT2D eigenvalue weighted by molar-refractivity contribution is 5.56. The Kier molecular flexibility index (Phi) is 4.29. The summed E-state index contributed by atoms with van der Waals surface area (Å²) in [5, 5.41) is 10.7. The summed E-state index contributed by atoms with van der Waals surface area (Å²) in [6.45, 7) is 2.04. The molecule has 4 rings (SSSR count). The highest BCUT2D eigenvalue weighted by Crippen LogP contribution is 2.29. The second-order valence-electron chi connectivity index (χ2n) is 6.07. The van der Waals surface area contributed by atoms with Gasteiger partial charge in [0.15, 0.2) is 5.76 Å². The molecule has 0 spiro atoms. The number of hydrogen-bond donors (Lipinski definition) is 1. The van der Waals surface area contributed by atoms with Crippen LogP contribution in [0, 0.1) is 5.82 Å². The van der Waals surface area contributed by atoms with E-state index >= 15 is 0 Å². The topological polar surface area (TPSA) is 80.1 Å². The van der Waals surface area contributed by atoms with E-state index in [0.717, 1.165) is 18.8 Å². The minimum atomic E-state index is -0.322. The van der Waals surface area contributed by atoms with Gasteiger partial charge in [-0.15, -0.1) is 0 Å². The van der Waals surface area contributed by atoms with Gasteiger partial charge in [0.2, 0.25) is 5.89 Å². The van der Waals surface area contributed by atoms with Crippen molar-refractivity contribution in [2.75, 3.05) is 20.2 Å². The lowest BCUT2D eigenvalue weighted by Crippen LogP contribution is -2.22. The normalized spacial score (nSPS) is 21.0. The summed E-state index contributed by atoms with van der Waals surface area (Å²) in [7, 11) is 1.70. The Hall–Kier alpha value is -2.58. The Morgan fingerprint density at radius 2 is 2.20 bits per heavy atom. The first-order valence-electron chi connectivity index (χ1n) is 8.05. The molecule has 0 saturated carbocycles. The molecule has 8 heteroatoms. The summed E-state index contributed by atoms with van der Waals surface area (Å²) in [4.78, 5) is 6.47. The molecule has 1 aromatic carbocycles. The lowest BCUT2D eigenvalue weighted by atomic mass is 10.0. The average Bonchev–Trinajstić information content (AvgIpc) is 3.36. The van der Waals surface area contributed by atoms with Gasteiger partial charge in [-0.1, -0.05) is 12.1 Å². The van der Waals surface area contributed by atoms with Gasteiger partial charge in [-0.3, -0.25) is 4.90 Å². The van der Waals surface area contributed by atoms with Crippen molar-refractivity contribution in [2.45, 2.75) is 18.6 Å². The van der Waals surface area contributed by atoms with Crippen LogP contribution in [0.2, 0.25) is 0 Å². The molecule has 0 unspecified atom stereocenters. The largest absolute Gasteiger partial charge is 0.439 e. The van der Waals surface area contributed by atoms with E-state index in [1.807, 2.05) is 0 Å². The van der Waals surface area contributed by atoms with E-state index in [1.54, 1.807) is 37.7 Å². The minimum absolute atomic E-state index is 0.0334. The van der Waals surface area contributed by atoms with Crippen molar-refractivity contribution in [2.24, 2.45) is 0 Å². The van der Waals surface area contributed by atoms with Crippen LogP contribution in [0.3, 0.4) is 0 Å². The summed E-state index contributed by atoms with van der Waals surface area (Å²) < 4.78 is 25.2. The van der Waals surface area contributed by atoms with Crippen molar-refractivity contribution in [1.29, 1.82) is 0 Å².